The van der Waals surface area contributed by atoms with Crippen LogP contribution in [0.1, 0.15) is 277 Å². The molecule has 0 aromatic carbocycles. The van der Waals surface area contributed by atoms with Crippen molar-refractivity contribution in [2.45, 2.75) is 295 Å². The van der Waals surface area contributed by atoms with E-state index in [4.69, 9.17) is 22.9 Å². The Morgan fingerprint density at radius 3 is 1.00 bits per heavy atom. The van der Waals surface area contributed by atoms with E-state index in [1.54, 1.807) is 0 Å². The molecule has 0 aromatic rings. The number of likely N-dealkylation sites (N-methyl/N-ethyl adjacent to an activating group) is 1. The average molecular weight is 965 g/mol. The number of nitrogens with two attached hydrogens (primary N) is 4. The van der Waals surface area contributed by atoms with Gasteiger partial charge >= 0.3 is 0 Å². The largest absolute Gasteiger partial charge is 0.349 e. The van der Waals surface area contributed by atoms with Crippen LogP contribution in [0.25, 0.3) is 0 Å². The highest BCUT2D eigenvalue weighted by molar-refractivity contribution is 5.93. The molecule has 0 aliphatic carbocycles. The van der Waals surface area contributed by atoms with E-state index in [-0.39, 0.29) is 17.7 Å². The molecule has 404 valence electrons. The number of carbonyl (C=O) groups is 3. The third-order valence-electron chi connectivity index (χ3n) is 14.5. The fourth-order valence-electron chi connectivity index (χ4n) is 9.70. The molecule has 0 rings (SSSR count). The molecule has 11 nitrogen and oxygen atoms in total. The zero-order valence-electron chi connectivity index (χ0n) is 45.7. The minimum atomic E-state index is -0.793. The van der Waals surface area contributed by atoms with E-state index >= 15 is 0 Å². The molecule has 3 atom stereocenters. The lowest BCUT2D eigenvalue weighted by atomic mass is 10.0. The molecule has 0 heterocycles. The van der Waals surface area contributed by atoms with Gasteiger partial charge in [0, 0.05) is 0 Å². The van der Waals surface area contributed by atoms with Gasteiger partial charge in [-0.2, -0.15) is 0 Å². The van der Waals surface area contributed by atoms with Crippen molar-refractivity contribution in [1.82, 2.24) is 16.0 Å². The van der Waals surface area contributed by atoms with Crippen molar-refractivity contribution < 1.29 is 18.9 Å². The number of carbonyl (C=O) groups excluding carboxylic acids is 3. The Hall–Kier alpha value is -1.79. The maximum absolute atomic E-state index is 13.9. The van der Waals surface area contributed by atoms with Crippen molar-refractivity contribution >= 4 is 17.7 Å². The predicted octanol–water partition coefficient (Wildman–Crippen LogP) is 11.8. The van der Waals surface area contributed by atoms with Crippen molar-refractivity contribution in [3.8, 4) is 0 Å². The second-order valence-electron chi connectivity index (χ2n) is 21.3. The quantitative estimate of drug-likeness (QED) is 0.0233. The van der Waals surface area contributed by atoms with Crippen LogP contribution in [-0.4, -0.2) is 93.2 Å². The number of nitrogens with one attached hydrogen (secondary N) is 3. The summed E-state index contributed by atoms with van der Waals surface area (Å²) in [5.41, 5.74) is 23.4. The standard InChI is InChI=1S/C57H118N8O3/c1-4-6-8-10-12-14-16-18-20-22-24-26-28-30-32-40-49-65(3,50-41-33-31-29-27-25-23-21-19-17-15-13-11-9-7-5-2)51-48-62-56(67)53(43-35-38-46-59)64-57(68)54(44-36-39-47-60)63-55(66)52(61)42-34-37-45-58/h52-54H,4-51,58-61H2,1-3H3,(H2-,62,63,64,66,67,68)/p+1/t52-,53-,54-/m0/s1. The molecule has 0 bridgehead atoms. The van der Waals surface area contributed by atoms with Gasteiger partial charge in [-0.1, -0.05) is 200 Å². The Morgan fingerprint density at radius 2 is 0.662 bits per heavy atom. The van der Waals surface area contributed by atoms with Gasteiger partial charge in [-0.15, -0.1) is 0 Å². The van der Waals surface area contributed by atoms with Crippen LogP contribution in [0, 0.1) is 0 Å². The molecule has 3 amide bonds. The van der Waals surface area contributed by atoms with Crippen LogP contribution in [-0.2, 0) is 14.4 Å². The van der Waals surface area contributed by atoms with E-state index in [1.165, 1.54) is 205 Å². The van der Waals surface area contributed by atoms with Crippen molar-refractivity contribution in [1.29, 1.82) is 0 Å². The van der Waals surface area contributed by atoms with E-state index in [9.17, 15) is 14.4 Å². The predicted molar refractivity (Wildman–Crippen MR) is 293 cm³/mol. The summed E-state index contributed by atoms with van der Waals surface area (Å²) in [7, 11) is 2.39. The molecule has 0 fully saturated rings. The second-order valence-corrected chi connectivity index (χ2v) is 21.3. The SMILES string of the molecule is CCCCCCCCCCCCCCCCCC[N+](C)(CCCCCCCCCCCCCCCCCC)CCNC(=O)[C@H](CCCCN)NC(=O)[C@H](CCCCN)NC(=O)[C@@H](N)CCCCN. The minimum Gasteiger partial charge on any atom is -0.349 e. The van der Waals surface area contributed by atoms with Gasteiger partial charge in [0.2, 0.25) is 17.7 Å². The van der Waals surface area contributed by atoms with Crippen molar-refractivity contribution in [2.24, 2.45) is 22.9 Å². The Bertz CT molecular complexity index is 1080. The normalized spacial score (nSPS) is 13.1. The van der Waals surface area contributed by atoms with Gasteiger partial charge in [0.05, 0.1) is 39.3 Å². The van der Waals surface area contributed by atoms with Crippen LogP contribution in [0.2, 0.25) is 0 Å². The van der Waals surface area contributed by atoms with Gasteiger partial charge in [0.25, 0.3) is 0 Å². The molecule has 11 heteroatoms. The highest BCUT2D eigenvalue weighted by atomic mass is 16.2. The van der Waals surface area contributed by atoms with Gasteiger partial charge in [-0.05, 0) is 96.7 Å². The van der Waals surface area contributed by atoms with E-state index in [1.807, 2.05) is 0 Å². The van der Waals surface area contributed by atoms with E-state index in [2.05, 4.69) is 36.8 Å². The number of nitrogens with zero attached hydrogens (tertiary/aromatic N) is 1. The molecular weight excluding hydrogens is 845 g/mol. The fourth-order valence-corrected chi connectivity index (χ4v) is 9.70. The highest BCUT2D eigenvalue weighted by Crippen LogP contribution is 2.18. The lowest BCUT2D eigenvalue weighted by Gasteiger charge is -2.35. The van der Waals surface area contributed by atoms with Crippen LogP contribution >= 0.6 is 0 Å². The molecule has 0 saturated carbocycles. The fraction of sp³-hybridized carbons (Fsp3) is 0.947. The van der Waals surface area contributed by atoms with Crippen LogP contribution in [0.3, 0.4) is 0 Å². The van der Waals surface area contributed by atoms with E-state index < -0.39 is 18.1 Å². The third kappa shape index (κ3) is 41.9. The molecule has 0 radical (unpaired) electrons. The number of amides is 3. The summed E-state index contributed by atoms with van der Waals surface area (Å²) >= 11 is 0. The minimum absolute atomic E-state index is 0.169. The lowest BCUT2D eigenvalue weighted by Crippen LogP contribution is -2.56. The molecule has 0 aromatic heterocycles. The maximum atomic E-state index is 13.9. The van der Waals surface area contributed by atoms with Gasteiger partial charge in [-0.3, -0.25) is 14.4 Å². The molecule has 68 heavy (non-hydrogen) atoms. The van der Waals surface area contributed by atoms with Crippen molar-refractivity contribution in [2.75, 3.05) is 52.9 Å². The highest BCUT2D eigenvalue weighted by Gasteiger charge is 2.28. The monoisotopic (exact) mass is 964 g/mol. The van der Waals surface area contributed by atoms with Crippen LogP contribution < -0.4 is 38.9 Å². The molecule has 11 N–H and O–H groups in total. The first-order valence-corrected chi connectivity index (χ1v) is 29.8. The Labute approximate surface area is 422 Å². The summed E-state index contributed by atoms with van der Waals surface area (Å²) in [5, 5.41) is 9.13. The number of rotatable bonds is 54. The van der Waals surface area contributed by atoms with E-state index in [0.717, 1.165) is 56.2 Å². The summed E-state index contributed by atoms with van der Waals surface area (Å²) in [6.45, 7) is 9.83. The Balaban J connectivity index is 5.18. The average Bonchev–Trinajstić information content (AvgIpc) is 3.33. The van der Waals surface area contributed by atoms with Gasteiger partial charge in [-0.25, -0.2) is 0 Å². The van der Waals surface area contributed by atoms with Crippen molar-refractivity contribution in [3.63, 3.8) is 0 Å². The number of quaternary nitrogens is 1. The Morgan fingerprint density at radius 1 is 0.368 bits per heavy atom. The van der Waals surface area contributed by atoms with Gasteiger partial charge in [0.15, 0.2) is 0 Å². The lowest BCUT2D eigenvalue weighted by molar-refractivity contribution is -0.908. The summed E-state index contributed by atoms with van der Waals surface area (Å²) < 4.78 is 0.961. The molecule has 0 aliphatic heterocycles. The smallest absolute Gasteiger partial charge is 0.243 e. The first-order valence-electron chi connectivity index (χ1n) is 29.8. The van der Waals surface area contributed by atoms with E-state index in [0.29, 0.717) is 51.9 Å². The van der Waals surface area contributed by atoms with Crippen LogP contribution in [0.15, 0.2) is 0 Å². The zero-order valence-corrected chi connectivity index (χ0v) is 45.7. The summed E-state index contributed by atoms with van der Waals surface area (Å²) in [4.78, 5) is 40.7. The number of unbranched alkanes of at least 4 members (excludes halogenated alkanes) is 33. The number of hydrogen-bond donors (Lipinski definition) is 7. The Kier molecular flexibility index (Phi) is 48.8. The first kappa shape index (κ1) is 66.2. The number of hydrogen-bond acceptors (Lipinski definition) is 7. The topological polar surface area (TPSA) is 191 Å². The molecule has 0 saturated heterocycles. The van der Waals surface area contributed by atoms with Crippen molar-refractivity contribution in [3.05, 3.63) is 0 Å². The molecule has 0 aliphatic rings. The second kappa shape index (κ2) is 50.2. The van der Waals surface area contributed by atoms with Crippen LogP contribution in [0.5, 0.6) is 0 Å². The third-order valence-corrected chi connectivity index (χ3v) is 14.5. The first-order chi connectivity index (χ1) is 33.2. The van der Waals surface area contributed by atoms with Crippen LogP contribution in [0.4, 0.5) is 0 Å². The molecule has 0 unspecified atom stereocenters. The maximum Gasteiger partial charge on any atom is 0.243 e. The summed E-state index contributed by atoms with van der Waals surface area (Å²) in [6, 6.07) is -2.22. The zero-order chi connectivity index (χ0) is 50.0. The summed E-state index contributed by atoms with van der Waals surface area (Å²) in [5.74, 6) is -0.882. The van der Waals surface area contributed by atoms with Gasteiger partial charge < -0.3 is 43.4 Å². The molecule has 0 spiro atoms. The van der Waals surface area contributed by atoms with Gasteiger partial charge in [0.1, 0.15) is 12.1 Å². The summed E-state index contributed by atoms with van der Waals surface area (Å²) in [6.07, 6.45) is 49.7. The molecular formula is C57H119N8O3+.